The third-order valence-corrected chi connectivity index (χ3v) is 3.78. The van der Waals surface area contributed by atoms with Crippen molar-refractivity contribution in [2.75, 3.05) is 11.9 Å². The highest BCUT2D eigenvalue weighted by Gasteiger charge is 2.21. The van der Waals surface area contributed by atoms with Gasteiger partial charge < -0.3 is 11.1 Å². The Hall–Kier alpha value is -0.940. The molecule has 0 saturated carbocycles. The van der Waals surface area contributed by atoms with Crippen LogP contribution in [-0.2, 0) is 11.2 Å². The van der Waals surface area contributed by atoms with Crippen molar-refractivity contribution in [3.63, 3.8) is 0 Å². The molecule has 0 radical (unpaired) electrons. The molecule has 0 saturated heterocycles. The molecule has 3 N–H and O–H groups in total. The molecular weight excluding hydrogens is 234 g/mol. The van der Waals surface area contributed by atoms with Gasteiger partial charge in [0.2, 0.25) is 5.91 Å². The molecule has 0 spiro atoms. The van der Waals surface area contributed by atoms with Gasteiger partial charge >= 0.3 is 0 Å². The molecule has 0 aliphatic carbocycles. The SMILES string of the molecule is CCc1nc(NC(=O)C(CN)C(C)C)sc1C. The van der Waals surface area contributed by atoms with Gasteiger partial charge in [0.15, 0.2) is 5.13 Å². The fourth-order valence-corrected chi connectivity index (χ4v) is 2.59. The van der Waals surface area contributed by atoms with Gasteiger partial charge in [0.25, 0.3) is 0 Å². The smallest absolute Gasteiger partial charge is 0.230 e. The second-order valence-corrected chi connectivity index (χ2v) is 5.65. The predicted molar refractivity (Wildman–Crippen MR) is 72.2 cm³/mol. The van der Waals surface area contributed by atoms with Gasteiger partial charge in [-0.3, -0.25) is 4.79 Å². The lowest BCUT2D eigenvalue weighted by molar-refractivity contribution is -0.120. The number of aromatic nitrogens is 1. The van der Waals surface area contributed by atoms with Crippen LogP contribution >= 0.6 is 11.3 Å². The molecule has 1 atom stereocenters. The van der Waals surface area contributed by atoms with E-state index in [4.69, 9.17) is 5.73 Å². The van der Waals surface area contributed by atoms with E-state index in [1.165, 1.54) is 11.3 Å². The van der Waals surface area contributed by atoms with Gasteiger partial charge in [-0.25, -0.2) is 4.98 Å². The second kappa shape index (κ2) is 6.12. The summed E-state index contributed by atoms with van der Waals surface area (Å²) in [6.07, 6.45) is 0.892. The number of thiazole rings is 1. The van der Waals surface area contributed by atoms with Crippen LogP contribution in [0, 0.1) is 18.8 Å². The molecule has 96 valence electrons. The van der Waals surface area contributed by atoms with Crippen molar-refractivity contribution >= 4 is 22.4 Å². The van der Waals surface area contributed by atoms with E-state index in [1.807, 2.05) is 20.8 Å². The zero-order valence-electron chi connectivity index (χ0n) is 10.9. The molecule has 1 rings (SSSR count). The highest BCUT2D eigenvalue weighted by atomic mass is 32.1. The van der Waals surface area contributed by atoms with Crippen molar-refractivity contribution in [1.82, 2.24) is 4.98 Å². The zero-order valence-corrected chi connectivity index (χ0v) is 11.7. The zero-order chi connectivity index (χ0) is 13.0. The summed E-state index contributed by atoms with van der Waals surface area (Å²) in [6, 6.07) is 0. The van der Waals surface area contributed by atoms with E-state index in [0.717, 1.165) is 17.0 Å². The van der Waals surface area contributed by atoms with Crippen molar-refractivity contribution in [3.05, 3.63) is 10.6 Å². The Morgan fingerprint density at radius 3 is 2.59 bits per heavy atom. The summed E-state index contributed by atoms with van der Waals surface area (Å²) in [5, 5.41) is 3.54. The monoisotopic (exact) mass is 255 g/mol. The quantitative estimate of drug-likeness (QED) is 0.847. The minimum absolute atomic E-state index is 0.0288. The Balaban J connectivity index is 2.73. The van der Waals surface area contributed by atoms with Gasteiger partial charge in [-0.15, -0.1) is 11.3 Å². The maximum absolute atomic E-state index is 12.0. The average molecular weight is 255 g/mol. The Morgan fingerprint density at radius 1 is 1.53 bits per heavy atom. The van der Waals surface area contributed by atoms with Crippen LogP contribution in [0.3, 0.4) is 0 Å². The van der Waals surface area contributed by atoms with Crippen LogP contribution in [-0.4, -0.2) is 17.4 Å². The number of nitrogens with one attached hydrogen (secondary N) is 1. The molecule has 1 heterocycles. The minimum Gasteiger partial charge on any atom is -0.330 e. The van der Waals surface area contributed by atoms with Gasteiger partial charge in [0.05, 0.1) is 11.6 Å². The van der Waals surface area contributed by atoms with Crippen molar-refractivity contribution in [3.8, 4) is 0 Å². The Morgan fingerprint density at radius 2 is 2.18 bits per heavy atom. The van der Waals surface area contributed by atoms with Gasteiger partial charge in [-0.05, 0) is 19.3 Å². The molecule has 4 nitrogen and oxygen atoms in total. The van der Waals surface area contributed by atoms with Gasteiger partial charge in [0.1, 0.15) is 0 Å². The van der Waals surface area contributed by atoms with Crippen LogP contribution in [0.1, 0.15) is 31.3 Å². The predicted octanol–water partition coefficient (Wildman–Crippen LogP) is 2.18. The van der Waals surface area contributed by atoms with Crippen LogP contribution in [0.5, 0.6) is 0 Å². The largest absolute Gasteiger partial charge is 0.330 e. The molecule has 5 heteroatoms. The summed E-state index contributed by atoms with van der Waals surface area (Å²) in [6.45, 7) is 8.46. The van der Waals surface area contributed by atoms with Gasteiger partial charge in [0, 0.05) is 11.4 Å². The summed E-state index contributed by atoms with van der Waals surface area (Å²) in [4.78, 5) is 17.5. The normalized spacial score (nSPS) is 12.8. The number of carbonyl (C=O) groups excluding carboxylic acids is 1. The summed E-state index contributed by atoms with van der Waals surface area (Å²) < 4.78 is 0. The third-order valence-electron chi connectivity index (χ3n) is 2.85. The van der Waals surface area contributed by atoms with Crippen LogP contribution in [0.15, 0.2) is 0 Å². The highest BCUT2D eigenvalue weighted by Crippen LogP contribution is 2.23. The number of carbonyl (C=O) groups is 1. The van der Waals surface area contributed by atoms with Crippen molar-refractivity contribution in [1.29, 1.82) is 0 Å². The van der Waals surface area contributed by atoms with Crippen molar-refractivity contribution in [2.24, 2.45) is 17.6 Å². The number of rotatable bonds is 5. The summed E-state index contributed by atoms with van der Waals surface area (Å²) in [7, 11) is 0. The topological polar surface area (TPSA) is 68.0 Å². The van der Waals surface area contributed by atoms with Crippen molar-refractivity contribution < 1.29 is 4.79 Å². The van der Waals surface area contributed by atoms with E-state index in [2.05, 4.69) is 17.2 Å². The fraction of sp³-hybridized carbons (Fsp3) is 0.667. The lowest BCUT2D eigenvalue weighted by atomic mass is 9.95. The number of amides is 1. The molecule has 0 bridgehead atoms. The molecule has 0 fully saturated rings. The number of anilines is 1. The Labute approximate surface area is 107 Å². The van der Waals surface area contributed by atoms with E-state index in [-0.39, 0.29) is 17.7 Å². The Kier molecular flexibility index (Phi) is 5.08. The van der Waals surface area contributed by atoms with Gasteiger partial charge in [-0.2, -0.15) is 0 Å². The van der Waals surface area contributed by atoms with Crippen molar-refractivity contribution in [2.45, 2.75) is 34.1 Å². The first-order valence-electron chi connectivity index (χ1n) is 5.96. The van der Waals surface area contributed by atoms with Crippen LogP contribution in [0.4, 0.5) is 5.13 Å². The minimum atomic E-state index is -0.149. The second-order valence-electron chi connectivity index (χ2n) is 4.45. The lowest BCUT2D eigenvalue weighted by Gasteiger charge is -2.16. The van der Waals surface area contributed by atoms with E-state index >= 15 is 0 Å². The van der Waals surface area contributed by atoms with E-state index in [0.29, 0.717) is 11.7 Å². The number of aryl methyl sites for hydroxylation is 2. The first kappa shape index (κ1) is 14.1. The molecule has 1 unspecified atom stereocenters. The summed E-state index contributed by atoms with van der Waals surface area (Å²) in [5.41, 5.74) is 6.67. The first-order valence-corrected chi connectivity index (χ1v) is 6.78. The lowest BCUT2D eigenvalue weighted by Crippen LogP contribution is -2.33. The molecule has 0 aromatic carbocycles. The fourth-order valence-electron chi connectivity index (χ4n) is 1.69. The van der Waals surface area contributed by atoms with E-state index in [9.17, 15) is 4.79 Å². The third kappa shape index (κ3) is 3.51. The molecule has 17 heavy (non-hydrogen) atoms. The summed E-state index contributed by atoms with van der Waals surface area (Å²) >= 11 is 1.52. The molecule has 1 aromatic heterocycles. The number of hydrogen-bond acceptors (Lipinski definition) is 4. The Bertz CT molecular complexity index is 387. The molecule has 1 aromatic rings. The average Bonchev–Trinajstić information content (AvgIpc) is 2.58. The standard InChI is InChI=1S/C12H21N3OS/c1-5-10-8(4)17-12(14-10)15-11(16)9(6-13)7(2)3/h7,9H,5-6,13H2,1-4H3,(H,14,15,16). The molecular formula is C12H21N3OS. The van der Waals surface area contributed by atoms with Crippen LogP contribution in [0.25, 0.3) is 0 Å². The highest BCUT2D eigenvalue weighted by molar-refractivity contribution is 7.15. The van der Waals surface area contributed by atoms with Crippen LogP contribution < -0.4 is 11.1 Å². The molecule has 0 aliphatic rings. The van der Waals surface area contributed by atoms with E-state index < -0.39 is 0 Å². The first-order chi connectivity index (χ1) is 7.99. The number of nitrogens with zero attached hydrogens (tertiary/aromatic N) is 1. The van der Waals surface area contributed by atoms with Gasteiger partial charge in [-0.1, -0.05) is 20.8 Å². The molecule has 0 aliphatic heterocycles. The number of hydrogen-bond donors (Lipinski definition) is 2. The maximum Gasteiger partial charge on any atom is 0.230 e. The van der Waals surface area contributed by atoms with E-state index in [1.54, 1.807) is 0 Å². The number of nitrogens with two attached hydrogens (primary N) is 1. The molecule has 1 amide bonds. The maximum atomic E-state index is 12.0. The van der Waals surface area contributed by atoms with Crippen LogP contribution in [0.2, 0.25) is 0 Å². The summed E-state index contributed by atoms with van der Waals surface area (Å²) in [5.74, 6) is 0.0647.